The Bertz CT molecular complexity index is 1170. The number of aromatic nitrogens is 2. The first-order chi connectivity index (χ1) is 14.9. The second-order valence-corrected chi connectivity index (χ2v) is 10.7. The van der Waals surface area contributed by atoms with Gasteiger partial charge in [-0.15, -0.1) is 0 Å². The highest BCUT2D eigenvalue weighted by atomic mass is 32.2. The number of nitrogens with one attached hydrogen (secondary N) is 1. The highest BCUT2D eigenvalue weighted by Crippen LogP contribution is 2.37. The molecule has 3 aromatic rings. The number of benzene rings is 1. The smallest absolute Gasteiger partial charge is 0.175 e. The third kappa shape index (κ3) is 3.78. The number of hydrogen-bond donors (Lipinski definition) is 1. The number of piperazine rings is 1. The van der Waals surface area contributed by atoms with Crippen LogP contribution in [0.2, 0.25) is 0 Å². The SMILES string of the molecule is CNC1CC(n2ccc3ccnc(N4CCN(c5ccc(S(C)(=O)=O)cc5)CC4)c32)C1. The third-order valence-electron chi connectivity index (χ3n) is 6.73. The van der Waals surface area contributed by atoms with Crippen LogP contribution in [-0.2, 0) is 9.84 Å². The van der Waals surface area contributed by atoms with Crippen LogP contribution >= 0.6 is 0 Å². The first-order valence-corrected chi connectivity index (χ1v) is 12.8. The van der Waals surface area contributed by atoms with E-state index in [2.05, 4.69) is 38.0 Å². The summed E-state index contributed by atoms with van der Waals surface area (Å²) < 4.78 is 25.8. The molecule has 8 heteroatoms. The minimum absolute atomic E-state index is 0.364. The average Bonchev–Trinajstić information content (AvgIpc) is 3.17. The van der Waals surface area contributed by atoms with Gasteiger partial charge in [-0.3, -0.25) is 0 Å². The molecule has 1 saturated carbocycles. The quantitative estimate of drug-likeness (QED) is 0.659. The summed E-state index contributed by atoms with van der Waals surface area (Å²) in [5.41, 5.74) is 2.31. The molecule has 0 radical (unpaired) electrons. The summed E-state index contributed by atoms with van der Waals surface area (Å²) in [5.74, 6) is 1.07. The Hall–Kier alpha value is -2.58. The van der Waals surface area contributed by atoms with E-state index in [0.29, 0.717) is 17.0 Å². The number of pyridine rings is 1. The first kappa shape index (κ1) is 20.3. The van der Waals surface area contributed by atoms with Gasteiger partial charge in [0.05, 0.1) is 10.4 Å². The van der Waals surface area contributed by atoms with Crippen LogP contribution in [0.5, 0.6) is 0 Å². The number of anilines is 2. The van der Waals surface area contributed by atoms with Crippen molar-refractivity contribution < 1.29 is 8.42 Å². The number of rotatable bonds is 5. The van der Waals surface area contributed by atoms with Crippen LogP contribution in [0.4, 0.5) is 11.5 Å². The van der Waals surface area contributed by atoms with E-state index in [4.69, 9.17) is 4.98 Å². The molecule has 7 nitrogen and oxygen atoms in total. The molecule has 1 aliphatic carbocycles. The van der Waals surface area contributed by atoms with Crippen molar-refractivity contribution in [1.29, 1.82) is 0 Å². The van der Waals surface area contributed by atoms with E-state index in [1.807, 2.05) is 25.4 Å². The average molecular weight is 440 g/mol. The summed E-state index contributed by atoms with van der Waals surface area (Å²) in [6, 6.07) is 12.7. The standard InChI is InChI=1S/C23H29N5O2S/c1-24-18-15-20(16-18)28-10-8-17-7-9-25-23(22(17)28)27-13-11-26(12-14-27)19-3-5-21(6-4-19)31(2,29)30/h3-10,18,20,24H,11-16H2,1-2H3. The Labute approximate surface area is 183 Å². The Balaban J connectivity index is 1.33. The van der Waals surface area contributed by atoms with Crippen LogP contribution in [0.3, 0.4) is 0 Å². The summed E-state index contributed by atoms with van der Waals surface area (Å²) in [6.07, 6.45) is 7.69. The second-order valence-electron chi connectivity index (χ2n) is 8.65. The Morgan fingerprint density at radius 2 is 1.65 bits per heavy atom. The molecule has 0 spiro atoms. The van der Waals surface area contributed by atoms with Crippen molar-refractivity contribution in [1.82, 2.24) is 14.9 Å². The maximum absolute atomic E-state index is 11.7. The van der Waals surface area contributed by atoms with Crippen molar-refractivity contribution in [3.63, 3.8) is 0 Å². The lowest BCUT2D eigenvalue weighted by atomic mass is 9.86. The first-order valence-electron chi connectivity index (χ1n) is 10.9. The largest absolute Gasteiger partial charge is 0.368 e. The van der Waals surface area contributed by atoms with Gasteiger partial charge in [0.2, 0.25) is 0 Å². The fourth-order valence-electron chi connectivity index (χ4n) is 4.76. The van der Waals surface area contributed by atoms with Gasteiger partial charge in [0.15, 0.2) is 15.7 Å². The summed E-state index contributed by atoms with van der Waals surface area (Å²) >= 11 is 0. The van der Waals surface area contributed by atoms with Crippen molar-refractivity contribution in [2.45, 2.75) is 29.8 Å². The minimum Gasteiger partial charge on any atom is -0.368 e. The second kappa shape index (κ2) is 7.84. The Kier molecular flexibility index (Phi) is 5.14. The molecule has 5 rings (SSSR count). The molecular formula is C23H29N5O2S. The highest BCUT2D eigenvalue weighted by Gasteiger charge is 2.31. The molecule has 164 valence electrons. The molecule has 31 heavy (non-hydrogen) atoms. The van der Waals surface area contributed by atoms with Crippen molar-refractivity contribution in [3.05, 3.63) is 48.8 Å². The van der Waals surface area contributed by atoms with E-state index in [1.54, 1.807) is 12.1 Å². The van der Waals surface area contributed by atoms with Crippen molar-refractivity contribution in [2.75, 3.05) is 49.3 Å². The van der Waals surface area contributed by atoms with Crippen LogP contribution in [0.25, 0.3) is 10.9 Å². The topological polar surface area (TPSA) is 70.5 Å². The zero-order chi connectivity index (χ0) is 21.6. The van der Waals surface area contributed by atoms with Gasteiger partial charge in [-0.25, -0.2) is 13.4 Å². The predicted molar refractivity (Wildman–Crippen MR) is 125 cm³/mol. The van der Waals surface area contributed by atoms with Gasteiger partial charge in [0, 0.05) is 68.0 Å². The maximum Gasteiger partial charge on any atom is 0.175 e. The zero-order valence-electron chi connectivity index (χ0n) is 18.0. The van der Waals surface area contributed by atoms with E-state index >= 15 is 0 Å². The molecule has 1 aliphatic heterocycles. The van der Waals surface area contributed by atoms with Crippen LogP contribution in [-0.4, -0.2) is 63.5 Å². The van der Waals surface area contributed by atoms with Gasteiger partial charge in [-0.1, -0.05) is 0 Å². The lowest BCUT2D eigenvalue weighted by Gasteiger charge is -2.39. The van der Waals surface area contributed by atoms with Gasteiger partial charge in [-0.05, 0) is 56.3 Å². The predicted octanol–water partition coefficient (Wildman–Crippen LogP) is 2.69. The molecule has 0 atom stereocenters. The Morgan fingerprint density at radius 3 is 2.29 bits per heavy atom. The van der Waals surface area contributed by atoms with Gasteiger partial charge in [-0.2, -0.15) is 0 Å². The molecule has 3 heterocycles. The summed E-state index contributed by atoms with van der Waals surface area (Å²) in [7, 11) is -1.13. The Morgan fingerprint density at radius 1 is 0.968 bits per heavy atom. The number of fused-ring (bicyclic) bond motifs is 1. The lowest BCUT2D eigenvalue weighted by Crippen LogP contribution is -2.47. The van der Waals surface area contributed by atoms with Gasteiger partial charge in [0.25, 0.3) is 0 Å². The fraction of sp³-hybridized carbons (Fsp3) is 0.435. The van der Waals surface area contributed by atoms with Gasteiger partial charge < -0.3 is 19.7 Å². The van der Waals surface area contributed by atoms with Crippen LogP contribution in [0.1, 0.15) is 18.9 Å². The highest BCUT2D eigenvalue weighted by molar-refractivity contribution is 7.90. The molecule has 0 unspecified atom stereocenters. The monoisotopic (exact) mass is 439 g/mol. The molecule has 1 aromatic carbocycles. The molecule has 0 bridgehead atoms. The third-order valence-corrected chi connectivity index (χ3v) is 7.86. The summed E-state index contributed by atoms with van der Waals surface area (Å²) in [4.78, 5) is 9.84. The molecule has 2 aromatic heterocycles. The molecule has 1 N–H and O–H groups in total. The van der Waals surface area contributed by atoms with Crippen LogP contribution < -0.4 is 15.1 Å². The van der Waals surface area contributed by atoms with E-state index in [0.717, 1.165) is 50.5 Å². The van der Waals surface area contributed by atoms with E-state index < -0.39 is 9.84 Å². The number of sulfone groups is 1. The van der Waals surface area contributed by atoms with E-state index in [1.165, 1.54) is 17.2 Å². The van der Waals surface area contributed by atoms with E-state index in [-0.39, 0.29) is 0 Å². The molecule has 1 saturated heterocycles. The molecular weight excluding hydrogens is 410 g/mol. The van der Waals surface area contributed by atoms with Crippen LogP contribution in [0.15, 0.2) is 53.7 Å². The molecule has 0 amide bonds. The van der Waals surface area contributed by atoms with Crippen molar-refractivity contribution >= 4 is 32.2 Å². The van der Waals surface area contributed by atoms with Gasteiger partial charge >= 0.3 is 0 Å². The zero-order valence-corrected chi connectivity index (χ0v) is 18.8. The van der Waals surface area contributed by atoms with Gasteiger partial charge in [0.1, 0.15) is 0 Å². The normalized spacial score (nSPS) is 22.0. The van der Waals surface area contributed by atoms with Crippen molar-refractivity contribution in [2.24, 2.45) is 0 Å². The molecule has 2 fully saturated rings. The number of nitrogens with zero attached hydrogens (tertiary/aromatic N) is 4. The molecule has 2 aliphatic rings. The van der Waals surface area contributed by atoms with Crippen LogP contribution in [0, 0.1) is 0 Å². The lowest BCUT2D eigenvalue weighted by molar-refractivity contribution is 0.241. The summed E-state index contributed by atoms with van der Waals surface area (Å²) in [6.45, 7) is 3.52. The fourth-order valence-corrected chi connectivity index (χ4v) is 5.39. The summed E-state index contributed by atoms with van der Waals surface area (Å²) in [5, 5.41) is 4.62. The maximum atomic E-state index is 11.7. The van der Waals surface area contributed by atoms with E-state index in [9.17, 15) is 8.42 Å². The van der Waals surface area contributed by atoms with Crippen molar-refractivity contribution in [3.8, 4) is 0 Å². The minimum atomic E-state index is -3.17. The number of hydrogen-bond acceptors (Lipinski definition) is 6.